The number of nitrogens with one attached hydrogen (secondary N) is 1. The molecule has 4 heteroatoms. The van der Waals surface area contributed by atoms with E-state index in [0.29, 0.717) is 12.1 Å². The zero-order chi connectivity index (χ0) is 20.6. The number of benzene rings is 2. The molecule has 3 aromatic rings. The van der Waals surface area contributed by atoms with Gasteiger partial charge in [-0.2, -0.15) is 0 Å². The first-order chi connectivity index (χ1) is 14.2. The summed E-state index contributed by atoms with van der Waals surface area (Å²) in [5.41, 5.74) is 3.84. The van der Waals surface area contributed by atoms with E-state index in [9.17, 15) is 4.79 Å². The Morgan fingerprint density at radius 3 is 2.28 bits per heavy atom. The van der Waals surface area contributed by atoms with E-state index >= 15 is 0 Å². The summed E-state index contributed by atoms with van der Waals surface area (Å²) in [7, 11) is 0. The van der Waals surface area contributed by atoms with E-state index < -0.39 is 0 Å². The van der Waals surface area contributed by atoms with Gasteiger partial charge in [-0.15, -0.1) is 0 Å². The Morgan fingerprint density at radius 1 is 0.931 bits per heavy atom. The van der Waals surface area contributed by atoms with Gasteiger partial charge in [0, 0.05) is 30.2 Å². The molecule has 4 nitrogen and oxygen atoms in total. The van der Waals surface area contributed by atoms with Gasteiger partial charge >= 0.3 is 0 Å². The summed E-state index contributed by atoms with van der Waals surface area (Å²) < 4.78 is 0. The molecular formula is C25H31N3O. The van der Waals surface area contributed by atoms with Crippen molar-refractivity contribution < 1.29 is 4.79 Å². The Labute approximate surface area is 174 Å². The Hall–Kier alpha value is -2.72. The first-order valence-corrected chi connectivity index (χ1v) is 10.6. The third-order valence-corrected chi connectivity index (χ3v) is 5.23. The fourth-order valence-electron chi connectivity index (χ4n) is 3.82. The van der Waals surface area contributed by atoms with Gasteiger partial charge < -0.3 is 10.2 Å². The van der Waals surface area contributed by atoms with Crippen LogP contribution in [0, 0.1) is 6.92 Å². The van der Waals surface area contributed by atoms with Crippen molar-refractivity contribution in [1.82, 2.24) is 15.2 Å². The lowest BCUT2D eigenvalue weighted by Gasteiger charge is -2.21. The largest absolute Gasteiger partial charge is 0.351 e. The highest BCUT2D eigenvalue weighted by Gasteiger charge is 2.15. The minimum Gasteiger partial charge on any atom is -0.351 e. The van der Waals surface area contributed by atoms with E-state index in [4.69, 9.17) is 0 Å². The van der Waals surface area contributed by atoms with Crippen LogP contribution in [0.3, 0.4) is 0 Å². The molecule has 29 heavy (non-hydrogen) atoms. The molecule has 0 unspecified atom stereocenters. The van der Waals surface area contributed by atoms with Crippen LogP contribution < -0.4 is 5.32 Å². The first kappa shape index (κ1) is 21.0. The van der Waals surface area contributed by atoms with Crippen molar-refractivity contribution in [3.05, 3.63) is 65.9 Å². The molecule has 2 aromatic carbocycles. The number of rotatable bonds is 9. The standard InChI is InChI=1S/C25H31N3O/c1-4-15-28(16-5-2)17-14-26-25(29)23-18-27-24(20-11-7-6-10-19(20)3)22-13-9-8-12-21(22)23/h6-13,18H,4-5,14-17H2,1-3H3,(H,26,29). The predicted molar refractivity (Wildman–Crippen MR) is 121 cm³/mol. The van der Waals surface area contributed by atoms with Gasteiger partial charge in [0.25, 0.3) is 5.91 Å². The van der Waals surface area contributed by atoms with E-state index in [-0.39, 0.29) is 5.91 Å². The zero-order valence-corrected chi connectivity index (χ0v) is 17.7. The second-order valence-electron chi connectivity index (χ2n) is 7.48. The molecule has 0 aliphatic carbocycles. The van der Waals surface area contributed by atoms with Crippen LogP contribution in [-0.2, 0) is 0 Å². The van der Waals surface area contributed by atoms with Gasteiger partial charge in [0.15, 0.2) is 0 Å². The normalized spacial score (nSPS) is 11.2. The van der Waals surface area contributed by atoms with Gasteiger partial charge in [0.2, 0.25) is 0 Å². The Kier molecular flexibility index (Phi) is 7.36. The minimum atomic E-state index is -0.0574. The number of fused-ring (bicyclic) bond motifs is 1. The highest BCUT2D eigenvalue weighted by Crippen LogP contribution is 2.30. The van der Waals surface area contributed by atoms with Gasteiger partial charge in [0.05, 0.1) is 11.3 Å². The van der Waals surface area contributed by atoms with Crippen molar-refractivity contribution in [2.45, 2.75) is 33.6 Å². The molecule has 0 aliphatic heterocycles. The third kappa shape index (κ3) is 5.01. The molecule has 0 aliphatic rings. The van der Waals surface area contributed by atoms with Crippen molar-refractivity contribution >= 4 is 16.7 Å². The van der Waals surface area contributed by atoms with Crippen LogP contribution in [0.4, 0.5) is 0 Å². The van der Waals surface area contributed by atoms with Crippen molar-refractivity contribution in [2.24, 2.45) is 0 Å². The van der Waals surface area contributed by atoms with Crippen molar-refractivity contribution in [1.29, 1.82) is 0 Å². The molecule has 0 radical (unpaired) electrons. The monoisotopic (exact) mass is 389 g/mol. The van der Waals surface area contributed by atoms with Crippen molar-refractivity contribution in [2.75, 3.05) is 26.2 Å². The summed E-state index contributed by atoms with van der Waals surface area (Å²) in [4.78, 5) is 20.0. The molecule has 0 atom stereocenters. The predicted octanol–water partition coefficient (Wildman–Crippen LogP) is 5.06. The summed E-state index contributed by atoms with van der Waals surface area (Å²) in [6.07, 6.45) is 3.97. The van der Waals surface area contributed by atoms with E-state index in [2.05, 4.69) is 48.1 Å². The Bertz CT molecular complexity index is 961. The number of aromatic nitrogens is 1. The third-order valence-electron chi connectivity index (χ3n) is 5.23. The number of aryl methyl sites for hydroxylation is 1. The lowest BCUT2D eigenvalue weighted by Crippen LogP contribution is -2.35. The van der Waals surface area contributed by atoms with E-state index in [1.165, 1.54) is 5.56 Å². The van der Waals surface area contributed by atoms with Crippen LogP contribution in [0.1, 0.15) is 42.6 Å². The van der Waals surface area contributed by atoms with Crippen LogP contribution in [0.25, 0.3) is 22.0 Å². The van der Waals surface area contributed by atoms with Gasteiger partial charge in [-0.1, -0.05) is 62.4 Å². The summed E-state index contributed by atoms with van der Waals surface area (Å²) >= 11 is 0. The van der Waals surface area contributed by atoms with Gasteiger partial charge in [0.1, 0.15) is 0 Å². The molecule has 0 bridgehead atoms. The number of carbonyl (C=O) groups is 1. The maximum absolute atomic E-state index is 12.9. The lowest BCUT2D eigenvalue weighted by molar-refractivity contribution is 0.0949. The summed E-state index contributed by atoms with van der Waals surface area (Å²) in [6, 6.07) is 16.3. The molecule has 0 saturated heterocycles. The molecule has 1 aromatic heterocycles. The van der Waals surface area contributed by atoms with Crippen LogP contribution in [0.15, 0.2) is 54.7 Å². The van der Waals surface area contributed by atoms with Crippen molar-refractivity contribution in [3.63, 3.8) is 0 Å². The molecule has 3 rings (SSSR count). The SMILES string of the molecule is CCCN(CCC)CCNC(=O)c1cnc(-c2ccccc2C)c2ccccc12. The first-order valence-electron chi connectivity index (χ1n) is 10.6. The summed E-state index contributed by atoms with van der Waals surface area (Å²) in [5.74, 6) is -0.0574. The number of hydrogen-bond donors (Lipinski definition) is 1. The van der Waals surface area contributed by atoms with Crippen molar-refractivity contribution in [3.8, 4) is 11.3 Å². The van der Waals surface area contributed by atoms with E-state index in [0.717, 1.165) is 54.5 Å². The second-order valence-corrected chi connectivity index (χ2v) is 7.48. The number of nitrogens with zero attached hydrogens (tertiary/aromatic N) is 2. The second kappa shape index (κ2) is 10.2. The van der Waals surface area contributed by atoms with E-state index in [1.807, 2.05) is 36.4 Å². The molecule has 152 valence electrons. The van der Waals surface area contributed by atoms with E-state index in [1.54, 1.807) is 6.20 Å². The van der Waals surface area contributed by atoms with Gasteiger partial charge in [-0.05, 0) is 43.8 Å². The Morgan fingerprint density at radius 2 is 1.59 bits per heavy atom. The Balaban J connectivity index is 1.83. The molecule has 0 fully saturated rings. The highest BCUT2D eigenvalue weighted by atomic mass is 16.1. The van der Waals surface area contributed by atoms with Crippen LogP contribution >= 0.6 is 0 Å². The fraction of sp³-hybridized carbons (Fsp3) is 0.360. The molecule has 1 N–H and O–H groups in total. The molecular weight excluding hydrogens is 358 g/mol. The summed E-state index contributed by atoms with van der Waals surface area (Å²) in [6.45, 7) is 10.1. The molecule has 0 saturated carbocycles. The number of pyridine rings is 1. The van der Waals surface area contributed by atoms with Crippen LogP contribution in [0.5, 0.6) is 0 Å². The number of hydrogen-bond acceptors (Lipinski definition) is 3. The molecule has 1 heterocycles. The van der Waals surface area contributed by atoms with Gasteiger partial charge in [-0.3, -0.25) is 9.78 Å². The average Bonchev–Trinajstić information content (AvgIpc) is 2.74. The van der Waals surface area contributed by atoms with Gasteiger partial charge in [-0.25, -0.2) is 0 Å². The quantitative estimate of drug-likeness (QED) is 0.556. The maximum atomic E-state index is 12.9. The fourth-order valence-corrected chi connectivity index (χ4v) is 3.82. The maximum Gasteiger partial charge on any atom is 0.253 e. The average molecular weight is 390 g/mol. The van der Waals surface area contributed by atoms with Crippen LogP contribution in [-0.4, -0.2) is 42.0 Å². The zero-order valence-electron chi connectivity index (χ0n) is 17.7. The van der Waals surface area contributed by atoms with Crippen LogP contribution in [0.2, 0.25) is 0 Å². The smallest absolute Gasteiger partial charge is 0.253 e. The molecule has 0 spiro atoms. The number of amides is 1. The summed E-state index contributed by atoms with van der Waals surface area (Å²) in [5, 5.41) is 5.04. The highest BCUT2D eigenvalue weighted by molar-refractivity contribution is 6.09. The lowest BCUT2D eigenvalue weighted by atomic mass is 9.98. The number of carbonyl (C=O) groups excluding carboxylic acids is 1. The topological polar surface area (TPSA) is 45.2 Å². The minimum absolute atomic E-state index is 0.0574. The molecule has 1 amide bonds.